The fourth-order valence-corrected chi connectivity index (χ4v) is 2.91. The predicted molar refractivity (Wildman–Crippen MR) is 64.9 cm³/mol. The summed E-state index contributed by atoms with van der Waals surface area (Å²) in [4.78, 5) is 11.2. The Kier molecular flexibility index (Phi) is 3.57. The minimum absolute atomic E-state index is 0.102. The first-order valence-electron chi connectivity index (χ1n) is 5.52. The molecule has 0 amide bonds. The molecule has 1 fully saturated rings. The van der Waals surface area contributed by atoms with E-state index in [1.165, 1.54) is 25.7 Å². The van der Waals surface area contributed by atoms with Crippen LogP contribution in [0.2, 0.25) is 0 Å². The quantitative estimate of drug-likeness (QED) is 0.758. The van der Waals surface area contributed by atoms with Gasteiger partial charge >= 0.3 is 0 Å². The fourth-order valence-electron chi connectivity index (χ4n) is 2.49. The molecule has 0 radical (unpaired) electrons. The second-order valence-electron chi connectivity index (χ2n) is 4.26. The topological polar surface area (TPSA) is 17.1 Å². The first-order chi connectivity index (χ1) is 7.31. The molecule has 2 rings (SSSR count). The zero-order chi connectivity index (χ0) is 10.7. The van der Waals surface area contributed by atoms with Crippen LogP contribution in [0, 0.1) is 5.92 Å². The first-order valence-corrected chi connectivity index (χ1v) is 6.31. The molecule has 0 spiro atoms. The highest BCUT2D eigenvalue weighted by Gasteiger charge is 2.25. The van der Waals surface area contributed by atoms with Gasteiger partial charge in [-0.05, 0) is 36.5 Å². The standard InChI is InChI=1S/C13H15BrO/c14-12-7-3-6-11(8-12)13(9-15)10-4-1-2-5-10/h3,6-10,13H,1-2,4-5H2. The summed E-state index contributed by atoms with van der Waals surface area (Å²) in [5.74, 6) is 0.668. The van der Waals surface area contributed by atoms with Crippen molar-refractivity contribution in [1.29, 1.82) is 0 Å². The van der Waals surface area contributed by atoms with Crippen molar-refractivity contribution in [2.75, 3.05) is 0 Å². The normalized spacial score (nSPS) is 19.0. The summed E-state index contributed by atoms with van der Waals surface area (Å²) in [6, 6.07) is 8.13. The molecule has 0 N–H and O–H groups in total. The Morgan fingerprint density at radius 1 is 1.33 bits per heavy atom. The van der Waals surface area contributed by atoms with E-state index in [1.54, 1.807) is 0 Å². The predicted octanol–water partition coefficient (Wildman–Crippen LogP) is 3.92. The lowest BCUT2D eigenvalue weighted by Crippen LogP contribution is -2.11. The summed E-state index contributed by atoms with van der Waals surface area (Å²) in [5.41, 5.74) is 1.16. The minimum Gasteiger partial charge on any atom is -0.303 e. The number of benzene rings is 1. The molecule has 1 aromatic rings. The second kappa shape index (κ2) is 4.93. The van der Waals surface area contributed by atoms with Crippen LogP contribution >= 0.6 is 15.9 Å². The molecule has 0 saturated heterocycles. The van der Waals surface area contributed by atoms with Gasteiger partial charge < -0.3 is 4.79 Å². The molecule has 1 atom stereocenters. The third-order valence-electron chi connectivity index (χ3n) is 3.29. The average Bonchev–Trinajstić information content (AvgIpc) is 2.72. The van der Waals surface area contributed by atoms with Gasteiger partial charge in [0.05, 0.1) is 0 Å². The van der Waals surface area contributed by atoms with Crippen LogP contribution in [0.1, 0.15) is 37.2 Å². The molecular formula is C13H15BrO. The zero-order valence-corrected chi connectivity index (χ0v) is 10.2. The molecule has 1 aromatic carbocycles. The number of halogens is 1. The molecular weight excluding hydrogens is 252 g/mol. The first kappa shape index (κ1) is 10.9. The summed E-state index contributed by atoms with van der Waals surface area (Å²) >= 11 is 3.45. The van der Waals surface area contributed by atoms with E-state index in [1.807, 2.05) is 12.1 Å². The van der Waals surface area contributed by atoms with Crippen molar-refractivity contribution in [2.24, 2.45) is 5.92 Å². The SMILES string of the molecule is O=CC(c1cccc(Br)c1)C1CCCC1. The van der Waals surface area contributed by atoms with E-state index in [-0.39, 0.29) is 5.92 Å². The molecule has 2 heteroatoms. The van der Waals surface area contributed by atoms with Gasteiger partial charge in [0.15, 0.2) is 0 Å². The van der Waals surface area contributed by atoms with Gasteiger partial charge in [-0.2, -0.15) is 0 Å². The van der Waals surface area contributed by atoms with Crippen LogP contribution < -0.4 is 0 Å². The van der Waals surface area contributed by atoms with Crippen LogP contribution in [0.3, 0.4) is 0 Å². The molecule has 1 nitrogen and oxygen atoms in total. The summed E-state index contributed by atoms with van der Waals surface area (Å²) in [5, 5.41) is 0. The molecule has 0 heterocycles. The number of carbonyl (C=O) groups is 1. The highest BCUT2D eigenvalue weighted by atomic mass is 79.9. The third kappa shape index (κ3) is 2.49. The smallest absolute Gasteiger partial charge is 0.127 e. The molecule has 1 aliphatic carbocycles. The number of rotatable bonds is 3. The fraction of sp³-hybridized carbons (Fsp3) is 0.462. The monoisotopic (exact) mass is 266 g/mol. The number of carbonyl (C=O) groups excluding carboxylic acids is 1. The van der Waals surface area contributed by atoms with Gasteiger partial charge in [0.1, 0.15) is 6.29 Å². The largest absolute Gasteiger partial charge is 0.303 e. The van der Waals surface area contributed by atoms with Gasteiger partial charge in [-0.1, -0.05) is 40.9 Å². The van der Waals surface area contributed by atoms with Gasteiger partial charge in [-0.15, -0.1) is 0 Å². The molecule has 0 aliphatic heterocycles. The molecule has 0 bridgehead atoms. The molecule has 80 valence electrons. The van der Waals surface area contributed by atoms with Crippen LogP contribution in [-0.4, -0.2) is 6.29 Å². The van der Waals surface area contributed by atoms with Gasteiger partial charge in [0.2, 0.25) is 0 Å². The third-order valence-corrected chi connectivity index (χ3v) is 3.78. The Morgan fingerprint density at radius 3 is 2.67 bits per heavy atom. The number of aldehydes is 1. The van der Waals surface area contributed by atoms with Gasteiger partial charge in [-0.25, -0.2) is 0 Å². The molecule has 1 aliphatic rings. The van der Waals surface area contributed by atoms with Crippen molar-refractivity contribution in [1.82, 2.24) is 0 Å². The van der Waals surface area contributed by atoms with E-state index in [4.69, 9.17) is 0 Å². The zero-order valence-electron chi connectivity index (χ0n) is 8.66. The number of hydrogen-bond acceptors (Lipinski definition) is 1. The molecule has 0 aromatic heterocycles. The van der Waals surface area contributed by atoms with Gasteiger partial charge in [0, 0.05) is 10.4 Å². The summed E-state index contributed by atoms with van der Waals surface area (Å²) < 4.78 is 1.06. The lowest BCUT2D eigenvalue weighted by molar-refractivity contribution is -0.110. The molecule has 1 saturated carbocycles. The van der Waals surface area contributed by atoms with E-state index >= 15 is 0 Å². The van der Waals surface area contributed by atoms with E-state index in [0.717, 1.165) is 16.3 Å². The maximum atomic E-state index is 11.2. The average molecular weight is 267 g/mol. The Bertz CT molecular complexity index is 342. The Balaban J connectivity index is 2.21. The van der Waals surface area contributed by atoms with Crippen LogP contribution in [0.15, 0.2) is 28.7 Å². The van der Waals surface area contributed by atoms with Crippen LogP contribution in [-0.2, 0) is 4.79 Å². The van der Waals surface area contributed by atoms with Crippen molar-refractivity contribution in [3.63, 3.8) is 0 Å². The maximum Gasteiger partial charge on any atom is 0.127 e. The van der Waals surface area contributed by atoms with E-state index < -0.39 is 0 Å². The van der Waals surface area contributed by atoms with Crippen LogP contribution in [0.4, 0.5) is 0 Å². The maximum absolute atomic E-state index is 11.2. The summed E-state index contributed by atoms with van der Waals surface area (Å²) in [7, 11) is 0. The Labute approximate surface area is 99.0 Å². The van der Waals surface area contributed by atoms with Crippen molar-refractivity contribution in [3.8, 4) is 0 Å². The molecule has 15 heavy (non-hydrogen) atoms. The van der Waals surface area contributed by atoms with Crippen molar-refractivity contribution in [3.05, 3.63) is 34.3 Å². The second-order valence-corrected chi connectivity index (χ2v) is 5.18. The van der Waals surface area contributed by atoms with E-state index in [0.29, 0.717) is 5.92 Å². The van der Waals surface area contributed by atoms with E-state index in [2.05, 4.69) is 28.1 Å². The Morgan fingerprint density at radius 2 is 2.07 bits per heavy atom. The summed E-state index contributed by atoms with van der Waals surface area (Å²) in [6.07, 6.45) is 6.09. The van der Waals surface area contributed by atoms with Crippen molar-refractivity contribution < 1.29 is 4.79 Å². The minimum atomic E-state index is 0.102. The van der Waals surface area contributed by atoms with Crippen LogP contribution in [0.25, 0.3) is 0 Å². The van der Waals surface area contributed by atoms with Gasteiger partial charge in [0.25, 0.3) is 0 Å². The van der Waals surface area contributed by atoms with Gasteiger partial charge in [-0.3, -0.25) is 0 Å². The lowest BCUT2D eigenvalue weighted by Gasteiger charge is -2.17. The molecule has 1 unspecified atom stereocenters. The Hall–Kier alpha value is -0.630. The number of hydrogen-bond donors (Lipinski definition) is 0. The lowest BCUT2D eigenvalue weighted by atomic mass is 9.86. The van der Waals surface area contributed by atoms with Crippen LogP contribution in [0.5, 0.6) is 0 Å². The highest BCUT2D eigenvalue weighted by Crippen LogP contribution is 2.36. The van der Waals surface area contributed by atoms with E-state index in [9.17, 15) is 4.79 Å². The highest BCUT2D eigenvalue weighted by molar-refractivity contribution is 9.10. The van der Waals surface area contributed by atoms with Crippen molar-refractivity contribution >= 4 is 22.2 Å². The summed E-state index contributed by atoms with van der Waals surface area (Å²) in [6.45, 7) is 0. The van der Waals surface area contributed by atoms with Crippen molar-refractivity contribution in [2.45, 2.75) is 31.6 Å².